The zero-order valence-corrected chi connectivity index (χ0v) is 11.5. The molecule has 0 heterocycles. The van der Waals surface area contributed by atoms with Crippen molar-refractivity contribution < 1.29 is 0 Å². The highest BCUT2D eigenvalue weighted by Gasteiger charge is 2.20. The van der Waals surface area contributed by atoms with Gasteiger partial charge in [-0.05, 0) is 43.5 Å². The van der Waals surface area contributed by atoms with Crippen molar-refractivity contribution in [2.45, 2.75) is 39.3 Å². The first-order valence-electron chi connectivity index (χ1n) is 7.08. The number of allylic oxidation sites excluding steroid dienone is 1. The van der Waals surface area contributed by atoms with Gasteiger partial charge in [-0.2, -0.15) is 0 Å². The summed E-state index contributed by atoms with van der Waals surface area (Å²) in [6, 6.07) is 10.8. The van der Waals surface area contributed by atoms with Crippen LogP contribution in [0.15, 0.2) is 35.9 Å². The summed E-state index contributed by atoms with van der Waals surface area (Å²) in [5.74, 6) is 0. The normalized spacial score (nSPS) is 15.1. The lowest BCUT2D eigenvalue weighted by molar-refractivity contribution is 0.433. The van der Waals surface area contributed by atoms with E-state index in [0.29, 0.717) is 6.17 Å². The van der Waals surface area contributed by atoms with Gasteiger partial charge in [-0.25, -0.2) is 0 Å². The predicted octanol–water partition coefficient (Wildman–Crippen LogP) is 3.17. The van der Waals surface area contributed by atoms with Crippen LogP contribution in [0, 0.1) is 0 Å². The monoisotopic (exact) mass is 244 g/mol. The lowest BCUT2D eigenvalue weighted by Crippen LogP contribution is -2.42. The van der Waals surface area contributed by atoms with Crippen LogP contribution in [0.2, 0.25) is 0 Å². The van der Waals surface area contributed by atoms with Crippen molar-refractivity contribution in [3.05, 3.63) is 41.5 Å². The summed E-state index contributed by atoms with van der Waals surface area (Å²) in [6.07, 6.45) is 4.06. The van der Waals surface area contributed by atoms with Crippen LogP contribution in [0.3, 0.4) is 0 Å². The second-order valence-electron chi connectivity index (χ2n) is 4.82. The first-order chi connectivity index (χ1) is 8.85. The molecule has 1 aromatic carbocycles. The molecule has 1 aromatic rings. The summed E-state index contributed by atoms with van der Waals surface area (Å²) < 4.78 is 0. The van der Waals surface area contributed by atoms with Crippen molar-refractivity contribution in [1.29, 1.82) is 0 Å². The van der Waals surface area contributed by atoms with Crippen molar-refractivity contribution in [1.82, 2.24) is 10.6 Å². The molecule has 1 aliphatic carbocycles. The number of hydrogen-bond donors (Lipinski definition) is 2. The Balaban J connectivity index is 2.04. The van der Waals surface area contributed by atoms with Gasteiger partial charge in [0.2, 0.25) is 0 Å². The fraction of sp³-hybridized carbons (Fsp3) is 0.500. The minimum absolute atomic E-state index is 0.425. The van der Waals surface area contributed by atoms with Crippen molar-refractivity contribution in [2.24, 2.45) is 0 Å². The van der Waals surface area contributed by atoms with Gasteiger partial charge in [-0.3, -0.25) is 0 Å². The summed E-state index contributed by atoms with van der Waals surface area (Å²) in [5, 5.41) is 7.02. The molecule has 0 aromatic heterocycles. The molecule has 1 aliphatic rings. The molecule has 2 heteroatoms. The zero-order chi connectivity index (χ0) is 12.8. The fourth-order valence-corrected chi connectivity index (χ4v) is 2.60. The van der Waals surface area contributed by atoms with Gasteiger partial charge in [0.05, 0.1) is 6.17 Å². The van der Waals surface area contributed by atoms with Crippen molar-refractivity contribution in [3.8, 4) is 0 Å². The maximum Gasteiger partial charge on any atom is 0.0609 e. The molecule has 0 amide bonds. The van der Waals surface area contributed by atoms with E-state index in [0.717, 1.165) is 19.5 Å². The molecule has 2 rings (SSSR count). The summed E-state index contributed by atoms with van der Waals surface area (Å²) >= 11 is 0. The minimum Gasteiger partial charge on any atom is -0.302 e. The molecule has 0 saturated carbocycles. The van der Waals surface area contributed by atoms with Crippen LogP contribution in [-0.4, -0.2) is 19.3 Å². The maximum atomic E-state index is 3.51. The van der Waals surface area contributed by atoms with Gasteiger partial charge in [0, 0.05) is 0 Å². The van der Waals surface area contributed by atoms with E-state index in [1.807, 2.05) is 0 Å². The SMILES string of the molecule is CCNC(CC1=C(c2ccccc2)CC1)NCC. The standard InChI is InChI=1S/C16H24N2/c1-3-17-16(18-4-2)12-14-10-11-15(14)13-8-6-5-7-9-13/h5-9,16-18H,3-4,10-12H2,1-2H3. The Labute approximate surface area is 110 Å². The Kier molecular flexibility index (Phi) is 4.97. The molecule has 0 bridgehead atoms. The fourth-order valence-electron chi connectivity index (χ4n) is 2.60. The van der Waals surface area contributed by atoms with Crippen LogP contribution in [0.25, 0.3) is 5.57 Å². The van der Waals surface area contributed by atoms with E-state index in [1.165, 1.54) is 18.4 Å². The largest absolute Gasteiger partial charge is 0.302 e. The van der Waals surface area contributed by atoms with Gasteiger partial charge >= 0.3 is 0 Å². The van der Waals surface area contributed by atoms with Crippen molar-refractivity contribution >= 4 is 5.57 Å². The zero-order valence-electron chi connectivity index (χ0n) is 11.5. The summed E-state index contributed by atoms with van der Waals surface area (Å²) in [5.41, 5.74) is 4.59. The van der Waals surface area contributed by atoms with E-state index in [1.54, 1.807) is 11.1 Å². The maximum absolute atomic E-state index is 3.51. The summed E-state index contributed by atoms with van der Waals surface area (Å²) in [7, 11) is 0. The van der Waals surface area contributed by atoms with Crippen LogP contribution in [0.5, 0.6) is 0 Å². The first kappa shape index (κ1) is 13.3. The molecule has 0 aliphatic heterocycles. The first-order valence-corrected chi connectivity index (χ1v) is 7.08. The molecule has 2 N–H and O–H groups in total. The molecule has 0 unspecified atom stereocenters. The molecule has 0 saturated heterocycles. The molecule has 2 nitrogen and oxygen atoms in total. The molecule has 98 valence electrons. The molecule has 0 radical (unpaired) electrons. The third kappa shape index (κ3) is 3.21. The molecule has 0 spiro atoms. The number of benzene rings is 1. The van der Waals surface area contributed by atoms with Crippen LogP contribution in [0.4, 0.5) is 0 Å². The van der Waals surface area contributed by atoms with Crippen LogP contribution in [-0.2, 0) is 0 Å². The highest BCUT2D eigenvalue weighted by molar-refractivity contribution is 5.73. The second-order valence-corrected chi connectivity index (χ2v) is 4.82. The Morgan fingerprint density at radius 2 is 1.67 bits per heavy atom. The number of rotatable bonds is 7. The van der Waals surface area contributed by atoms with Gasteiger partial charge in [0.15, 0.2) is 0 Å². The van der Waals surface area contributed by atoms with E-state index in [-0.39, 0.29) is 0 Å². The van der Waals surface area contributed by atoms with Gasteiger partial charge < -0.3 is 10.6 Å². The van der Waals surface area contributed by atoms with E-state index < -0.39 is 0 Å². The summed E-state index contributed by atoms with van der Waals surface area (Å²) in [6.45, 7) is 6.37. The Bertz CT molecular complexity index is 389. The second kappa shape index (κ2) is 6.72. The topological polar surface area (TPSA) is 24.1 Å². The Morgan fingerprint density at radius 1 is 1.00 bits per heavy atom. The Hall–Kier alpha value is -1.12. The predicted molar refractivity (Wildman–Crippen MR) is 78.4 cm³/mol. The number of nitrogens with one attached hydrogen (secondary N) is 2. The third-order valence-corrected chi connectivity index (χ3v) is 3.58. The van der Waals surface area contributed by atoms with E-state index >= 15 is 0 Å². The highest BCUT2D eigenvalue weighted by Crippen LogP contribution is 2.38. The average molecular weight is 244 g/mol. The van der Waals surface area contributed by atoms with Gasteiger partial charge in [0.25, 0.3) is 0 Å². The molecule has 18 heavy (non-hydrogen) atoms. The van der Waals surface area contributed by atoms with Crippen LogP contribution in [0.1, 0.15) is 38.7 Å². The quantitative estimate of drug-likeness (QED) is 0.720. The molecule has 0 fully saturated rings. The average Bonchev–Trinajstić information content (AvgIpc) is 2.36. The van der Waals surface area contributed by atoms with Crippen molar-refractivity contribution in [3.63, 3.8) is 0 Å². The van der Waals surface area contributed by atoms with Crippen LogP contribution < -0.4 is 10.6 Å². The van der Waals surface area contributed by atoms with E-state index in [9.17, 15) is 0 Å². The van der Waals surface area contributed by atoms with Gasteiger partial charge in [0.1, 0.15) is 0 Å². The summed E-state index contributed by atoms with van der Waals surface area (Å²) in [4.78, 5) is 0. The van der Waals surface area contributed by atoms with Gasteiger partial charge in [-0.15, -0.1) is 0 Å². The van der Waals surface area contributed by atoms with E-state index in [4.69, 9.17) is 0 Å². The lowest BCUT2D eigenvalue weighted by atomic mass is 9.81. The molecular weight excluding hydrogens is 220 g/mol. The van der Waals surface area contributed by atoms with Gasteiger partial charge in [-0.1, -0.05) is 49.8 Å². The van der Waals surface area contributed by atoms with Crippen LogP contribution >= 0.6 is 0 Å². The number of hydrogen-bond acceptors (Lipinski definition) is 2. The van der Waals surface area contributed by atoms with Crippen molar-refractivity contribution in [2.75, 3.05) is 13.1 Å². The Morgan fingerprint density at radius 3 is 2.17 bits per heavy atom. The van der Waals surface area contributed by atoms with E-state index in [2.05, 4.69) is 54.8 Å². The molecular formula is C16H24N2. The third-order valence-electron chi connectivity index (χ3n) is 3.58. The smallest absolute Gasteiger partial charge is 0.0609 e. The minimum atomic E-state index is 0.425. The lowest BCUT2D eigenvalue weighted by Gasteiger charge is -2.28. The molecule has 0 atom stereocenters. The highest BCUT2D eigenvalue weighted by atomic mass is 15.1.